The Kier molecular flexibility index (Phi) is 2.25. The van der Waals surface area contributed by atoms with Gasteiger partial charge >= 0.3 is 0 Å². The highest BCUT2D eigenvalue weighted by molar-refractivity contribution is 6.07. The minimum Gasteiger partial charge on any atom is -0.158 e. The molecule has 1 aromatic heterocycles. The summed E-state index contributed by atoms with van der Waals surface area (Å²) in [7, 11) is 0. The van der Waals surface area contributed by atoms with Crippen molar-refractivity contribution in [2.75, 3.05) is 0 Å². The number of fused-ring (bicyclic) bond motifs is 4. The van der Waals surface area contributed by atoms with E-state index in [1.807, 2.05) is 12.4 Å². The Bertz CT molecular complexity index is 992. The number of benzene rings is 4. The minimum absolute atomic E-state index is 1.13. The van der Waals surface area contributed by atoms with Gasteiger partial charge in [0.05, 0.1) is 12.4 Å². The second-order valence-electron chi connectivity index (χ2n) is 5.72. The third-order valence-corrected chi connectivity index (χ3v) is 4.32. The summed E-state index contributed by atoms with van der Waals surface area (Å²) < 4.78 is 0. The van der Waals surface area contributed by atoms with Gasteiger partial charge in [-0.2, -0.15) is 10.2 Å². The molecule has 2 nitrogen and oxygen atoms in total. The van der Waals surface area contributed by atoms with Crippen LogP contribution in [0.1, 0.15) is 0 Å². The molecule has 4 aromatic carbocycles. The van der Waals surface area contributed by atoms with Crippen LogP contribution in [0.3, 0.4) is 0 Å². The van der Waals surface area contributed by atoms with Gasteiger partial charge in [-0.1, -0.05) is 24.3 Å². The predicted molar refractivity (Wildman–Crippen MR) is 92.1 cm³/mol. The maximum Gasteiger partial charge on any atom is 0.0574 e. The molecule has 2 heteroatoms. The fourth-order valence-corrected chi connectivity index (χ4v) is 3.19. The normalized spacial score (nSPS) is 11.6. The molecule has 0 aliphatic rings. The van der Waals surface area contributed by atoms with Crippen molar-refractivity contribution in [3.63, 3.8) is 0 Å². The van der Waals surface area contributed by atoms with E-state index in [0.29, 0.717) is 0 Å². The van der Waals surface area contributed by atoms with Crippen molar-refractivity contribution < 1.29 is 0 Å². The molecule has 0 amide bonds. The highest BCUT2D eigenvalue weighted by atomic mass is 15.1. The minimum atomic E-state index is 1.13. The molecule has 102 valence electrons. The van der Waals surface area contributed by atoms with Crippen LogP contribution >= 0.6 is 0 Å². The molecule has 0 aliphatic heterocycles. The molecule has 0 unspecified atom stereocenters. The molecular formula is C20H12N2. The van der Waals surface area contributed by atoms with E-state index in [1.54, 1.807) is 0 Å². The average molecular weight is 280 g/mol. The molecule has 0 aliphatic carbocycles. The maximum atomic E-state index is 3.97. The summed E-state index contributed by atoms with van der Waals surface area (Å²) >= 11 is 0. The highest BCUT2D eigenvalue weighted by Crippen LogP contribution is 2.29. The standard InChI is InChI=1S/C20H12N2/c1-2-4-14-6-16-8-18-10-20-12-22-21-11-19(20)9-17(18)7-15(16)5-13(14)3-1/h1-12H. The first-order valence-electron chi connectivity index (χ1n) is 7.34. The molecule has 0 fully saturated rings. The fourth-order valence-electron chi connectivity index (χ4n) is 3.19. The Balaban J connectivity index is 1.93. The summed E-state index contributed by atoms with van der Waals surface area (Å²) in [5.41, 5.74) is 0. The van der Waals surface area contributed by atoms with E-state index in [-0.39, 0.29) is 0 Å². The lowest BCUT2D eigenvalue weighted by atomic mass is 9.98. The first kappa shape index (κ1) is 11.6. The highest BCUT2D eigenvalue weighted by Gasteiger charge is 2.03. The zero-order valence-corrected chi connectivity index (χ0v) is 11.8. The molecule has 0 N–H and O–H groups in total. The number of hydrogen-bond acceptors (Lipinski definition) is 2. The largest absolute Gasteiger partial charge is 0.158 e. The predicted octanol–water partition coefficient (Wildman–Crippen LogP) is 5.09. The second-order valence-corrected chi connectivity index (χ2v) is 5.72. The number of nitrogens with zero attached hydrogens (tertiary/aromatic N) is 2. The van der Waals surface area contributed by atoms with Gasteiger partial charge in [0.15, 0.2) is 0 Å². The molecule has 0 atom stereocenters. The van der Waals surface area contributed by atoms with E-state index in [2.05, 4.69) is 70.9 Å². The lowest BCUT2D eigenvalue weighted by Gasteiger charge is -2.06. The summed E-state index contributed by atoms with van der Waals surface area (Å²) in [5.74, 6) is 0. The van der Waals surface area contributed by atoms with Gasteiger partial charge in [0.25, 0.3) is 0 Å². The van der Waals surface area contributed by atoms with Gasteiger partial charge in [-0.05, 0) is 68.7 Å². The van der Waals surface area contributed by atoms with Gasteiger partial charge in [0.2, 0.25) is 0 Å². The molecule has 0 bridgehead atoms. The number of rotatable bonds is 0. The van der Waals surface area contributed by atoms with E-state index >= 15 is 0 Å². The van der Waals surface area contributed by atoms with E-state index in [9.17, 15) is 0 Å². The van der Waals surface area contributed by atoms with Gasteiger partial charge in [-0.3, -0.25) is 0 Å². The Morgan fingerprint density at radius 1 is 0.409 bits per heavy atom. The molecule has 0 radical (unpaired) electrons. The van der Waals surface area contributed by atoms with Crippen molar-refractivity contribution in [2.24, 2.45) is 0 Å². The van der Waals surface area contributed by atoms with Gasteiger partial charge in [0.1, 0.15) is 0 Å². The van der Waals surface area contributed by atoms with Crippen LogP contribution in [0, 0.1) is 0 Å². The average Bonchev–Trinajstić information content (AvgIpc) is 2.56. The Morgan fingerprint density at radius 3 is 1.23 bits per heavy atom. The quantitative estimate of drug-likeness (QED) is 0.369. The summed E-state index contributed by atoms with van der Waals surface area (Å²) in [6, 6.07) is 21.9. The van der Waals surface area contributed by atoms with E-state index in [1.165, 1.54) is 32.3 Å². The lowest BCUT2D eigenvalue weighted by Crippen LogP contribution is -1.83. The van der Waals surface area contributed by atoms with E-state index in [0.717, 1.165) is 10.8 Å². The van der Waals surface area contributed by atoms with E-state index in [4.69, 9.17) is 0 Å². The topological polar surface area (TPSA) is 25.8 Å². The van der Waals surface area contributed by atoms with Gasteiger partial charge in [0, 0.05) is 10.8 Å². The van der Waals surface area contributed by atoms with E-state index < -0.39 is 0 Å². The van der Waals surface area contributed by atoms with Crippen molar-refractivity contribution in [1.82, 2.24) is 10.2 Å². The molecule has 22 heavy (non-hydrogen) atoms. The van der Waals surface area contributed by atoms with Crippen LogP contribution in [-0.4, -0.2) is 10.2 Å². The van der Waals surface area contributed by atoms with Crippen LogP contribution in [0.25, 0.3) is 43.1 Å². The molecule has 5 rings (SSSR count). The molecule has 0 saturated heterocycles. The van der Waals surface area contributed by atoms with Crippen molar-refractivity contribution >= 4 is 43.1 Å². The van der Waals surface area contributed by atoms with Crippen LogP contribution < -0.4 is 0 Å². The van der Waals surface area contributed by atoms with Gasteiger partial charge < -0.3 is 0 Å². The van der Waals surface area contributed by atoms with Gasteiger partial charge in [-0.25, -0.2) is 0 Å². The van der Waals surface area contributed by atoms with Crippen molar-refractivity contribution in [2.45, 2.75) is 0 Å². The zero-order chi connectivity index (χ0) is 14.5. The second kappa shape index (κ2) is 4.25. The number of hydrogen-bond donors (Lipinski definition) is 0. The summed E-state index contributed by atoms with van der Waals surface area (Å²) in [5, 5.41) is 17.8. The third-order valence-electron chi connectivity index (χ3n) is 4.32. The Labute approximate surface area is 127 Å². The molecular weight excluding hydrogens is 268 g/mol. The van der Waals surface area contributed by atoms with Crippen LogP contribution in [0.4, 0.5) is 0 Å². The smallest absolute Gasteiger partial charge is 0.0574 e. The van der Waals surface area contributed by atoms with Crippen molar-refractivity contribution in [3.8, 4) is 0 Å². The fraction of sp³-hybridized carbons (Fsp3) is 0. The monoisotopic (exact) mass is 280 g/mol. The molecule has 0 saturated carbocycles. The molecule has 0 spiro atoms. The van der Waals surface area contributed by atoms with Gasteiger partial charge in [-0.15, -0.1) is 0 Å². The molecule has 5 aromatic rings. The number of aromatic nitrogens is 2. The summed E-state index contributed by atoms with van der Waals surface area (Å²) in [4.78, 5) is 0. The summed E-state index contributed by atoms with van der Waals surface area (Å²) in [6.07, 6.45) is 3.64. The van der Waals surface area contributed by atoms with Crippen molar-refractivity contribution in [3.05, 3.63) is 73.1 Å². The Morgan fingerprint density at radius 2 is 0.773 bits per heavy atom. The summed E-state index contributed by atoms with van der Waals surface area (Å²) in [6.45, 7) is 0. The third kappa shape index (κ3) is 1.67. The molecule has 1 heterocycles. The van der Waals surface area contributed by atoms with Crippen LogP contribution in [0.5, 0.6) is 0 Å². The van der Waals surface area contributed by atoms with Crippen LogP contribution in [-0.2, 0) is 0 Å². The SMILES string of the molecule is c1ccc2cc3cc4cc5cnncc5cc4cc3cc2c1. The maximum absolute atomic E-state index is 3.97. The lowest BCUT2D eigenvalue weighted by molar-refractivity contribution is 1.05. The van der Waals surface area contributed by atoms with Crippen LogP contribution in [0.2, 0.25) is 0 Å². The van der Waals surface area contributed by atoms with Crippen LogP contribution in [0.15, 0.2) is 73.1 Å². The Hall–Kier alpha value is -3.00. The first-order valence-corrected chi connectivity index (χ1v) is 7.34. The zero-order valence-electron chi connectivity index (χ0n) is 11.8. The first-order chi connectivity index (χ1) is 10.9. The van der Waals surface area contributed by atoms with Crippen molar-refractivity contribution in [1.29, 1.82) is 0 Å².